The maximum absolute atomic E-state index is 12.7. The molecule has 166 valence electrons. The van der Waals surface area contributed by atoms with Crippen LogP contribution in [-0.4, -0.2) is 46.1 Å². The number of nitrogens with zero attached hydrogens (tertiary/aromatic N) is 1. The molecule has 0 aliphatic carbocycles. The molecule has 0 spiro atoms. The summed E-state index contributed by atoms with van der Waals surface area (Å²) in [4.78, 5) is 37.2. The summed E-state index contributed by atoms with van der Waals surface area (Å²) in [6.45, 7) is 5.90. The zero-order valence-electron chi connectivity index (χ0n) is 17.1. The smallest absolute Gasteiger partial charge is 0.371 e. The highest BCUT2D eigenvalue weighted by Crippen LogP contribution is 2.30. The van der Waals surface area contributed by atoms with Crippen LogP contribution >= 0.6 is 12.2 Å². The van der Waals surface area contributed by atoms with Gasteiger partial charge in [0.1, 0.15) is 17.9 Å². The van der Waals surface area contributed by atoms with Gasteiger partial charge in [0, 0.05) is 6.54 Å². The number of hydrogen-bond donors (Lipinski definition) is 2. The first-order valence-corrected chi connectivity index (χ1v) is 9.96. The van der Waals surface area contributed by atoms with E-state index in [0.29, 0.717) is 29.4 Å². The van der Waals surface area contributed by atoms with E-state index in [-0.39, 0.29) is 29.6 Å². The zero-order chi connectivity index (χ0) is 23.3. The molecule has 0 radical (unpaired) electrons. The largest absolute Gasteiger partial charge is 0.490 e. The van der Waals surface area contributed by atoms with Crippen molar-refractivity contribution in [1.82, 2.24) is 10.2 Å². The second-order valence-electron chi connectivity index (χ2n) is 6.52. The number of amides is 2. The predicted molar refractivity (Wildman–Crippen MR) is 118 cm³/mol. The Morgan fingerprint density at radius 2 is 2.03 bits per heavy atom. The maximum Gasteiger partial charge on any atom is 0.371 e. The second kappa shape index (κ2) is 9.92. The number of benzene rings is 1. The monoisotopic (exact) mass is 456 g/mol. The fourth-order valence-electron chi connectivity index (χ4n) is 2.88. The molecule has 0 unspecified atom stereocenters. The van der Waals surface area contributed by atoms with Gasteiger partial charge in [0.15, 0.2) is 16.6 Å². The summed E-state index contributed by atoms with van der Waals surface area (Å²) in [5.74, 6) is -1.37. The number of rotatable bonds is 9. The first-order chi connectivity index (χ1) is 15.3. The third-order valence-corrected chi connectivity index (χ3v) is 4.64. The van der Waals surface area contributed by atoms with Gasteiger partial charge < -0.3 is 19.0 Å². The van der Waals surface area contributed by atoms with Crippen molar-refractivity contribution in [1.29, 1.82) is 0 Å². The summed E-state index contributed by atoms with van der Waals surface area (Å²) < 4.78 is 16.5. The van der Waals surface area contributed by atoms with Gasteiger partial charge in [-0.15, -0.1) is 6.58 Å². The van der Waals surface area contributed by atoms with Crippen LogP contribution in [0.25, 0.3) is 6.08 Å². The minimum Gasteiger partial charge on any atom is -0.490 e. The average molecular weight is 456 g/mol. The van der Waals surface area contributed by atoms with Crippen molar-refractivity contribution in [3.8, 4) is 11.5 Å². The quantitative estimate of drug-likeness (QED) is 0.256. The Hall–Kier alpha value is -3.92. The van der Waals surface area contributed by atoms with Gasteiger partial charge in [-0.3, -0.25) is 19.8 Å². The summed E-state index contributed by atoms with van der Waals surface area (Å²) in [6, 6.07) is 7.75. The molecule has 2 N–H and O–H groups in total. The molecule has 1 aliphatic rings. The van der Waals surface area contributed by atoms with Crippen LogP contribution in [0.5, 0.6) is 11.5 Å². The zero-order valence-corrected chi connectivity index (χ0v) is 17.9. The van der Waals surface area contributed by atoms with Crippen LogP contribution < -0.4 is 14.8 Å². The number of carboxylic acids is 1. The Morgan fingerprint density at radius 1 is 1.25 bits per heavy atom. The van der Waals surface area contributed by atoms with Crippen LogP contribution in [0.4, 0.5) is 0 Å². The molecule has 0 atom stereocenters. The van der Waals surface area contributed by atoms with Crippen molar-refractivity contribution in [3.05, 3.63) is 65.6 Å². The highest BCUT2D eigenvalue weighted by Gasteiger charge is 2.32. The topological polar surface area (TPSA) is 118 Å². The third kappa shape index (κ3) is 5.03. The van der Waals surface area contributed by atoms with E-state index in [9.17, 15) is 14.4 Å². The van der Waals surface area contributed by atoms with Gasteiger partial charge in [-0.25, -0.2) is 4.79 Å². The number of furan rings is 1. The molecule has 1 aromatic heterocycles. The van der Waals surface area contributed by atoms with Crippen LogP contribution in [0.2, 0.25) is 0 Å². The second-order valence-corrected chi connectivity index (χ2v) is 6.91. The molecule has 1 saturated heterocycles. The van der Waals surface area contributed by atoms with E-state index in [4.69, 9.17) is 31.2 Å². The normalized spacial score (nSPS) is 15.0. The van der Waals surface area contributed by atoms with Gasteiger partial charge in [-0.1, -0.05) is 12.1 Å². The number of nitrogens with one attached hydrogen (secondary N) is 1. The molecule has 2 heterocycles. The molecule has 3 rings (SSSR count). The third-order valence-electron chi connectivity index (χ3n) is 4.32. The molecule has 0 bridgehead atoms. The summed E-state index contributed by atoms with van der Waals surface area (Å²) in [5.41, 5.74) is 0.463. The molecular weight excluding hydrogens is 436 g/mol. The number of carboxylic acid groups (broad SMARTS) is 1. The molecule has 1 fully saturated rings. The van der Waals surface area contributed by atoms with Crippen LogP contribution in [0.15, 0.2) is 53.0 Å². The van der Waals surface area contributed by atoms with Crippen molar-refractivity contribution in [3.63, 3.8) is 0 Å². The molecule has 2 amide bonds. The van der Waals surface area contributed by atoms with E-state index >= 15 is 0 Å². The molecule has 2 aromatic rings. The summed E-state index contributed by atoms with van der Waals surface area (Å²) in [5, 5.41) is 11.4. The van der Waals surface area contributed by atoms with E-state index in [1.807, 2.05) is 0 Å². The molecule has 9 nitrogen and oxygen atoms in total. The van der Waals surface area contributed by atoms with Gasteiger partial charge in [-0.2, -0.15) is 0 Å². The highest BCUT2D eigenvalue weighted by molar-refractivity contribution is 7.80. The van der Waals surface area contributed by atoms with Gasteiger partial charge >= 0.3 is 5.97 Å². The van der Waals surface area contributed by atoms with E-state index in [2.05, 4.69) is 11.9 Å². The Morgan fingerprint density at radius 3 is 2.69 bits per heavy atom. The molecule has 32 heavy (non-hydrogen) atoms. The van der Waals surface area contributed by atoms with Crippen molar-refractivity contribution in [2.45, 2.75) is 13.5 Å². The number of hydrogen-bond acceptors (Lipinski definition) is 7. The summed E-state index contributed by atoms with van der Waals surface area (Å²) >= 11 is 5.04. The molecule has 1 aliphatic heterocycles. The number of carbonyl (C=O) groups excluding carboxylic acids is 2. The van der Waals surface area contributed by atoms with Crippen molar-refractivity contribution < 1.29 is 33.4 Å². The SMILES string of the molecule is C=CCN1C(=O)C(=Cc2ccc(OCc3ccc(C(=O)O)o3)c(OCC)c2)C(=O)NC1=S. The Kier molecular flexibility index (Phi) is 7.06. The molecule has 10 heteroatoms. The minimum atomic E-state index is -1.17. The predicted octanol–water partition coefficient (Wildman–Crippen LogP) is 2.77. The van der Waals surface area contributed by atoms with Crippen LogP contribution in [0.1, 0.15) is 28.8 Å². The lowest BCUT2D eigenvalue weighted by Crippen LogP contribution is -2.53. The van der Waals surface area contributed by atoms with E-state index in [1.54, 1.807) is 25.1 Å². The lowest BCUT2D eigenvalue weighted by atomic mass is 10.1. The molecule has 1 aromatic carbocycles. The van der Waals surface area contributed by atoms with Crippen LogP contribution in [0.3, 0.4) is 0 Å². The first-order valence-electron chi connectivity index (χ1n) is 9.55. The van der Waals surface area contributed by atoms with E-state index in [0.717, 1.165) is 0 Å². The van der Waals surface area contributed by atoms with Crippen LogP contribution in [-0.2, 0) is 16.2 Å². The summed E-state index contributed by atoms with van der Waals surface area (Å²) in [6.07, 6.45) is 2.95. The maximum atomic E-state index is 12.7. The number of ether oxygens (including phenoxy) is 2. The fraction of sp³-hybridized carbons (Fsp3) is 0.182. The van der Waals surface area contributed by atoms with Crippen molar-refractivity contribution in [2.75, 3.05) is 13.2 Å². The standard InChI is InChI=1S/C22H20N2O7S/c1-3-9-24-20(26)15(19(25)23-22(24)32)10-13-5-7-16(18(11-13)29-4-2)30-12-14-6-8-17(31-14)21(27)28/h3,5-8,10-11H,1,4,9,12H2,2H3,(H,27,28)(H,23,25,32). The van der Waals surface area contributed by atoms with Crippen molar-refractivity contribution >= 4 is 41.2 Å². The minimum absolute atomic E-state index is 0.0113. The Balaban J connectivity index is 1.83. The van der Waals surface area contributed by atoms with Gasteiger partial charge in [0.25, 0.3) is 11.8 Å². The van der Waals surface area contributed by atoms with E-state index < -0.39 is 17.8 Å². The lowest BCUT2D eigenvalue weighted by Gasteiger charge is -2.27. The van der Waals surface area contributed by atoms with E-state index in [1.165, 1.54) is 29.2 Å². The first kappa shape index (κ1) is 22.8. The van der Waals surface area contributed by atoms with Gasteiger partial charge in [0.05, 0.1) is 6.61 Å². The fourth-order valence-corrected chi connectivity index (χ4v) is 3.13. The molecule has 0 saturated carbocycles. The van der Waals surface area contributed by atoms with Gasteiger partial charge in [0.2, 0.25) is 5.76 Å². The summed E-state index contributed by atoms with van der Waals surface area (Å²) in [7, 11) is 0. The highest BCUT2D eigenvalue weighted by atomic mass is 32.1. The van der Waals surface area contributed by atoms with Crippen LogP contribution in [0, 0.1) is 0 Å². The number of aromatic carboxylic acids is 1. The number of carbonyl (C=O) groups is 3. The Labute approximate surface area is 188 Å². The average Bonchev–Trinajstić information content (AvgIpc) is 3.23. The lowest BCUT2D eigenvalue weighted by molar-refractivity contribution is -0.128. The van der Waals surface area contributed by atoms with Gasteiger partial charge in [-0.05, 0) is 55.0 Å². The Bertz CT molecular complexity index is 1120. The molecular formula is C22H20N2O7S. The number of thiocarbonyl (C=S) groups is 1. The van der Waals surface area contributed by atoms with Crippen molar-refractivity contribution in [2.24, 2.45) is 0 Å².